The zero-order valence-corrected chi connectivity index (χ0v) is 27.9. The van der Waals surface area contributed by atoms with E-state index in [1.807, 2.05) is 37.3 Å². The van der Waals surface area contributed by atoms with Crippen molar-refractivity contribution in [3.63, 3.8) is 0 Å². The Kier molecular flexibility index (Phi) is 15.3. The molecule has 1 aromatic rings. The van der Waals surface area contributed by atoms with Crippen LogP contribution in [0.1, 0.15) is 63.9 Å². The number of hydrogen-bond acceptors (Lipinski definition) is 9. The van der Waals surface area contributed by atoms with E-state index in [2.05, 4.69) is 13.2 Å². The van der Waals surface area contributed by atoms with Crippen molar-refractivity contribution < 1.29 is 42.9 Å². The summed E-state index contributed by atoms with van der Waals surface area (Å²) in [7, 11) is 1.37. The summed E-state index contributed by atoms with van der Waals surface area (Å²) in [5.41, 5.74) is -0.176. The van der Waals surface area contributed by atoms with Gasteiger partial charge in [-0.05, 0) is 37.7 Å². The molecule has 0 N–H and O–H groups in total. The summed E-state index contributed by atoms with van der Waals surface area (Å²) in [5, 5.41) is 0. The van der Waals surface area contributed by atoms with Crippen LogP contribution in [0.2, 0.25) is 0 Å². The van der Waals surface area contributed by atoms with Crippen molar-refractivity contribution >= 4 is 29.5 Å². The monoisotopic (exact) mass is 654 g/mol. The van der Waals surface area contributed by atoms with Gasteiger partial charge in [0.2, 0.25) is 11.7 Å². The first-order chi connectivity index (χ1) is 22.7. The number of methoxy groups -OCH3 is 1. The minimum Gasteiger partial charge on any atom is -0.463 e. The summed E-state index contributed by atoms with van der Waals surface area (Å²) in [6, 6.07) is 8.72. The van der Waals surface area contributed by atoms with E-state index in [1.54, 1.807) is 17.1 Å². The lowest BCUT2D eigenvalue weighted by molar-refractivity contribution is -0.164. The lowest BCUT2D eigenvalue weighted by Crippen LogP contribution is -2.62. The second-order valence-corrected chi connectivity index (χ2v) is 12.3. The van der Waals surface area contributed by atoms with Gasteiger partial charge in [-0.3, -0.25) is 19.2 Å². The first-order valence-electron chi connectivity index (χ1n) is 16.5. The van der Waals surface area contributed by atoms with Gasteiger partial charge < -0.3 is 28.7 Å². The Morgan fingerprint density at radius 2 is 1.70 bits per heavy atom. The standard InChI is InChI=1S/C36H50N2O9/c1-5-13-28(14-6-2)35(43)46-24-29(45-23-27-16-9-8-10-17-27)22-37-20-21-38(30(15-7-3)33(37)41)34(42)32(40)36(18-11-12-19-36)26-47-31(39)25-44-4/h5-6,8-10,16-17,28-30H,1-2,7,11-15,18-26H2,3-4H3/t29-,30?/m1/s1. The number of amides is 2. The van der Waals surface area contributed by atoms with Crippen molar-refractivity contribution in [2.24, 2.45) is 11.3 Å². The van der Waals surface area contributed by atoms with Crippen LogP contribution >= 0.6 is 0 Å². The average Bonchev–Trinajstić information content (AvgIpc) is 3.56. The molecule has 1 aliphatic heterocycles. The highest BCUT2D eigenvalue weighted by Gasteiger charge is 2.49. The van der Waals surface area contributed by atoms with Gasteiger partial charge in [-0.25, -0.2) is 4.79 Å². The molecule has 2 amide bonds. The highest BCUT2D eigenvalue weighted by molar-refractivity contribution is 6.38. The minimum atomic E-state index is -1.10. The third kappa shape index (κ3) is 10.6. The Bertz CT molecular complexity index is 1220. The predicted octanol–water partition coefficient (Wildman–Crippen LogP) is 4.04. The normalized spacial score (nSPS) is 18.1. The zero-order chi connectivity index (χ0) is 34.2. The van der Waals surface area contributed by atoms with Gasteiger partial charge in [0.05, 0.1) is 24.5 Å². The van der Waals surface area contributed by atoms with E-state index in [0.717, 1.165) is 18.4 Å². The number of rotatable bonds is 20. The molecule has 47 heavy (non-hydrogen) atoms. The molecule has 2 atom stereocenters. The maximum Gasteiger partial charge on any atom is 0.332 e. The van der Waals surface area contributed by atoms with Crippen LogP contribution in [0.15, 0.2) is 55.6 Å². The zero-order valence-electron chi connectivity index (χ0n) is 27.9. The molecule has 1 saturated heterocycles. The fourth-order valence-electron chi connectivity index (χ4n) is 6.21. The largest absolute Gasteiger partial charge is 0.463 e. The topological polar surface area (TPSA) is 129 Å². The molecule has 11 heteroatoms. The maximum atomic E-state index is 13.9. The predicted molar refractivity (Wildman–Crippen MR) is 175 cm³/mol. The van der Waals surface area contributed by atoms with E-state index in [4.69, 9.17) is 18.9 Å². The highest BCUT2D eigenvalue weighted by atomic mass is 16.6. The summed E-state index contributed by atoms with van der Waals surface area (Å²) in [4.78, 5) is 69.3. The van der Waals surface area contributed by atoms with Crippen LogP contribution in [-0.2, 0) is 49.5 Å². The fraction of sp³-hybridized carbons (Fsp3) is 0.583. The Morgan fingerprint density at radius 1 is 1.02 bits per heavy atom. The molecule has 0 aromatic heterocycles. The number of allylic oxidation sites excluding steroid dienone is 2. The van der Waals surface area contributed by atoms with Crippen molar-refractivity contribution in [3.8, 4) is 0 Å². The average molecular weight is 655 g/mol. The van der Waals surface area contributed by atoms with Gasteiger partial charge in [0.25, 0.3) is 5.91 Å². The number of carbonyl (C=O) groups excluding carboxylic acids is 5. The van der Waals surface area contributed by atoms with E-state index in [-0.39, 0.29) is 52.0 Å². The van der Waals surface area contributed by atoms with Crippen molar-refractivity contribution in [1.82, 2.24) is 9.80 Å². The van der Waals surface area contributed by atoms with Crippen molar-refractivity contribution in [3.05, 3.63) is 61.2 Å². The molecule has 0 radical (unpaired) electrons. The summed E-state index contributed by atoms with van der Waals surface area (Å²) in [6.07, 6.45) is 6.93. The molecule has 2 aliphatic rings. The first-order valence-corrected chi connectivity index (χ1v) is 16.5. The Hall–Kier alpha value is -3.83. The third-order valence-electron chi connectivity index (χ3n) is 8.81. The van der Waals surface area contributed by atoms with Crippen LogP contribution in [-0.4, -0.2) is 98.0 Å². The molecule has 0 bridgehead atoms. The molecule has 0 spiro atoms. The van der Waals surface area contributed by atoms with Crippen molar-refractivity contribution in [2.75, 3.05) is 46.6 Å². The SMILES string of the molecule is C=CCC(CC=C)C(=O)OC[C@@H](CN1CCN(C(=O)C(=O)C2(COC(=O)COC)CCCC2)C(CCC)C1=O)OCc1ccccc1. The first kappa shape index (κ1) is 37.6. The van der Waals surface area contributed by atoms with E-state index in [1.165, 1.54) is 12.0 Å². The Labute approximate surface area is 278 Å². The molecular formula is C36H50N2O9. The number of ketones is 1. The number of piperazine rings is 1. The minimum absolute atomic E-state index is 0.0654. The summed E-state index contributed by atoms with van der Waals surface area (Å²) < 4.78 is 22.0. The second kappa shape index (κ2) is 19.1. The third-order valence-corrected chi connectivity index (χ3v) is 8.81. The number of nitrogens with zero attached hydrogens (tertiary/aromatic N) is 2. The summed E-state index contributed by atoms with van der Waals surface area (Å²) in [6.45, 7) is 9.60. The molecule has 3 rings (SSSR count). The van der Waals surface area contributed by atoms with Crippen LogP contribution in [0.4, 0.5) is 0 Å². The molecule has 1 saturated carbocycles. The van der Waals surface area contributed by atoms with Crippen LogP contribution < -0.4 is 0 Å². The molecule has 1 heterocycles. The quantitative estimate of drug-likeness (QED) is 0.116. The summed E-state index contributed by atoms with van der Waals surface area (Å²) in [5.74, 6) is -3.03. The van der Waals surface area contributed by atoms with Gasteiger partial charge in [0.1, 0.15) is 32.0 Å². The number of hydrogen-bond donors (Lipinski definition) is 0. The maximum absolute atomic E-state index is 13.9. The van der Waals surface area contributed by atoms with Crippen LogP contribution in [0, 0.1) is 11.3 Å². The van der Waals surface area contributed by atoms with Gasteiger partial charge >= 0.3 is 11.9 Å². The van der Waals surface area contributed by atoms with Crippen LogP contribution in [0.3, 0.4) is 0 Å². The molecular weight excluding hydrogens is 604 g/mol. The van der Waals surface area contributed by atoms with Gasteiger partial charge in [0.15, 0.2) is 0 Å². The molecule has 2 fully saturated rings. The lowest BCUT2D eigenvalue weighted by Gasteiger charge is -2.42. The highest BCUT2D eigenvalue weighted by Crippen LogP contribution is 2.40. The smallest absolute Gasteiger partial charge is 0.332 e. The molecule has 1 aliphatic carbocycles. The number of benzene rings is 1. The molecule has 1 unspecified atom stereocenters. The molecule has 11 nitrogen and oxygen atoms in total. The van der Waals surface area contributed by atoms with Crippen LogP contribution in [0.5, 0.6) is 0 Å². The second-order valence-electron chi connectivity index (χ2n) is 12.3. The number of Topliss-reactive ketones (excluding diaryl/α,β-unsaturated/α-hetero) is 1. The Balaban J connectivity index is 1.73. The van der Waals surface area contributed by atoms with Crippen molar-refractivity contribution in [1.29, 1.82) is 0 Å². The Morgan fingerprint density at radius 3 is 2.32 bits per heavy atom. The molecule has 1 aromatic carbocycles. The van der Waals surface area contributed by atoms with Gasteiger partial charge in [-0.2, -0.15) is 0 Å². The van der Waals surface area contributed by atoms with E-state index < -0.39 is 47.1 Å². The molecule has 258 valence electrons. The number of carbonyl (C=O) groups is 5. The van der Waals surface area contributed by atoms with E-state index >= 15 is 0 Å². The van der Waals surface area contributed by atoms with Crippen LogP contribution in [0.25, 0.3) is 0 Å². The van der Waals surface area contributed by atoms with Gasteiger partial charge in [-0.15, -0.1) is 13.2 Å². The van der Waals surface area contributed by atoms with Crippen molar-refractivity contribution in [2.45, 2.75) is 77.0 Å². The van der Waals surface area contributed by atoms with E-state index in [0.29, 0.717) is 38.5 Å². The lowest BCUT2D eigenvalue weighted by atomic mass is 9.81. The number of ether oxygens (including phenoxy) is 4. The number of esters is 2. The van der Waals surface area contributed by atoms with E-state index in [9.17, 15) is 24.0 Å². The van der Waals surface area contributed by atoms with Gasteiger partial charge in [0, 0.05) is 20.2 Å². The summed E-state index contributed by atoms with van der Waals surface area (Å²) >= 11 is 0. The fourth-order valence-corrected chi connectivity index (χ4v) is 6.21. The van der Waals surface area contributed by atoms with Gasteiger partial charge in [-0.1, -0.05) is 68.7 Å².